The SMILES string of the molecule is CC(C)N1CCN(c2ccccn2)CC1.CC(C)[C@@]1(C)CCOC(C)(C)C1.CC1CCC(O)(C(C)C)CC1.Cc1ccc(C(C)C)c(C)n1.Cc1ccc(C(C)C)c(C)n1.Cc1ncc(Cl)cc1C(C)C. The smallest absolute Gasteiger partial charge is 0.128 e. The van der Waals surface area contributed by atoms with Gasteiger partial charge in [-0.1, -0.05) is 113 Å². The van der Waals surface area contributed by atoms with Crippen LogP contribution in [0.5, 0.6) is 0 Å². The van der Waals surface area contributed by atoms with E-state index in [1.807, 2.05) is 39.1 Å². The van der Waals surface area contributed by atoms with E-state index in [1.165, 1.54) is 53.8 Å². The molecule has 71 heavy (non-hydrogen) atoms. The Balaban J connectivity index is 0.000000293. The lowest BCUT2D eigenvalue weighted by atomic mass is 9.68. The molecule has 4 aromatic heterocycles. The number of rotatable bonds is 7. The van der Waals surface area contributed by atoms with Crippen molar-refractivity contribution in [3.63, 3.8) is 0 Å². The van der Waals surface area contributed by atoms with E-state index in [4.69, 9.17) is 16.3 Å². The van der Waals surface area contributed by atoms with Crippen molar-refractivity contribution in [2.45, 2.75) is 219 Å². The summed E-state index contributed by atoms with van der Waals surface area (Å²) in [4.78, 5) is 22.2. The summed E-state index contributed by atoms with van der Waals surface area (Å²) in [6, 6.07) is 17.2. The Kier molecular flexibility index (Phi) is 27.0. The Hall–Kier alpha value is -3.43. The molecule has 9 heteroatoms. The van der Waals surface area contributed by atoms with Crippen LogP contribution in [0.1, 0.15) is 212 Å². The van der Waals surface area contributed by atoms with Crippen LogP contribution in [0.15, 0.2) is 60.9 Å². The Morgan fingerprint density at radius 3 is 1.51 bits per heavy atom. The lowest BCUT2D eigenvalue weighted by Gasteiger charge is -2.45. The Morgan fingerprint density at radius 1 is 0.634 bits per heavy atom. The number of aromatic nitrogens is 4. The van der Waals surface area contributed by atoms with E-state index in [1.54, 1.807) is 6.20 Å². The number of anilines is 1. The molecule has 1 aliphatic carbocycles. The van der Waals surface area contributed by atoms with E-state index < -0.39 is 0 Å². The molecule has 0 amide bonds. The molecular weight excluding hydrogens is 896 g/mol. The molecule has 4 aromatic rings. The van der Waals surface area contributed by atoms with Crippen molar-refractivity contribution in [2.24, 2.45) is 23.2 Å². The van der Waals surface area contributed by atoms with Crippen molar-refractivity contribution in [1.82, 2.24) is 24.8 Å². The average molecular weight is 1000 g/mol. The van der Waals surface area contributed by atoms with E-state index in [2.05, 4.69) is 191 Å². The standard InChI is InChI=1S/C12H19N3.C11H22O.2C10H15N.C10H20O.C9H12ClN/c1-11(2)14-7-9-15(10-8-14)12-5-3-4-6-13-12;1-9(2)11(5)6-7-12-10(3,4)8-11;2*1-7(2)10-6-5-8(3)11-9(10)4;1-8(2)10(11)6-4-9(3)5-7-10;1-6(2)9-4-8(10)5-11-7(9)3/h3-6,11H,7-10H2,1-2H3;9H,6-8H2,1-5H3;2*5-7H,1-4H3;8-9,11H,4-7H2,1-3H3;4-6H,1-3H3/t;11-;;;;/m.0..../s1. The number of aliphatic hydroxyl groups is 1. The lowest BCUT2D eigenvalue weighted by molar-refractivity contribution is -0.112. The molecule has 7 rings (SSSR count). The van der Waals surface area contributed by atoms with Crippen LogP contribution in [0.2, 0.25) is 5.02 Å². The molecule has 0 radical (unpaired) electrons. The predicted molar refractivity (Wildman–Crippen MR) is 306 cm³/mol. The van der Waals surface area contributed by atoms with Crippen molar-refractivity contribution in [1.29, 1.82) is 0 Å². The third-order valence-electron chi connectivity index (χ3n) is 15.1. The van der Waals surface area contributed by atoms with Gasteiger partial charge in [0.2, 0.25) is 0 Å². The first kappa shape index (κ1) is 63.7. The summed E-state index contributed by atoms with van der Waals surface area (Å²) in [6.07, 6.45) is 10.4. The maximum atomic E-state index is 10.1. The first-order valence-electron chi connectivity index (χ1n) is 27.3. The molecule has 3 aliphatic rings. The summed E-state index contributed by atoms with van der Waals surface area (Å²) in [5.41, 5.74) is 9.80. The molecule has 2 aliphatic heterocycles. The summed E-state index contributed by atoms with van der Waals surface area (Å²) in [5.74, 6) is 4.80. The van der Waals surface area contributed by atoms with E-state index in [0.29, 0.717) is 35.1 Å². The first-order valence-corrected chi connectivity index (χ1v) is 27.6. The van der Waals surface area contributed by atoms with Crippen LogP contribution < -0.4 is 4.90 Å². The summed E-state index contributed by atoms with van der Waals surface area (Å²) < 4.78 is 5.71. The Morgan fingerprint density at radius 2 is 1.14 bits per heavy atom. The van der Waals surface area contributed by atoms with Gasteiger partial charge in [-0.25, -0.2) is 4.98 Å². The van der Waals surface area contributed by atoms with Gasteiger partial charge in [-0.2, -0.15) is 0 Å². The summed E-state index contributed by atoms with van der Waals surface area (Å²) in [5, 5.41) is 10.8. The van der Waals surface area contributed by atoms with Crippen molar-refractivity contribution < 1.29 is 9.84 Å². The highest BCUT2D eigenvalue weighted by atomic mass is 35.5. The monoisotopic (exact) mass is 999 g/mol. The minimum absolute atomic E-state index is 0.0945. The Bertz CT molecular complexity index is 2050. The quantitative estimate of drug-likeness (QED) is 0.196. The van der Waals surface area contributed by atoms with Gasteiger partial charge in [0.15, 0.2) is 0 Å². The van der Waals surface area contributed by atoms with Gasteiger partial charge < -0.3 is 14.7 Å². The number of halogens is 1. The van der Waals surface area contributed by atoms with E-state index >= 15 is 0 Å². The van der Waals surface area contributed by atoms with Gasteiger partial charge in [-0.05, 0) is 189 Å². The van der Waals surface area contributed by atoms with E-state index in [-0.39, 0.29) is 11.2 Å². The van der Waals surface area contributed by atoms with Crippen molar-refractivity contribution in [2.75, 3.05) is 37.7 Å². The molecule has 0 spiro atoms. The third-order valence-corrected chi connectivity index (χ3v) is 15.3. The summed E-state index contributed by atoms with van der Waals surface area (Å²) in [6.45, 7) is 51.1. The highest BCUT2D eigenvalue weighted by molar-refractivity contribution is 6.30. The second kappa shape index (κ2) is 30.1. The molecule has 8 nitrogen and oxygen atoms in total. The molecule has 2 saturated heterocycles. The number of pyridine rings is 4. The second-order valence-corrected chi connectivity index (χ2v) is 24.1. The zero-order valence-corrected chi connectivity index (χ0v) is 49.8. The zero-order valence-electron chi connectivity index (χ0n) is 49.0. The molecule has 3 fully saturated rings. The number of aryl methyl sites for hydroxylation is 5. The molecule has 0 unspecified atom stereocenters. The minimum Gasteiger partial charge on any atom is -0.390 e. The topological polar surface area (TPSA) is 87.5 Å². The molecule has 0 aromatic carbocycles. The molecule has 0 bridgehead atoms. The van der Waals surface area contributed by atoms with Crippen molar-refractivity contribution >= 4 is 17.4 Å². The maximum absolute atomic E-state index is 10.1. The van der Waals surface area contributed by atoms with Crippen LogP contribution in [0.3, 0.4) is 0 Å². The highest BCUT2D eigenvalue weighted by Crippen LogP contribution is 2.43. The molecule has 6 heterocycles. The molecular formula is C62H103ClN6O2. The number of hydrogen-bond donors (Lipinski definition) is 1. The van der Waals surface area contributed by atoms with Crippen LogP contribution in [0, 0.1) is 57.8 Å². The molecule has 1 N–H and O–H groups in total. The van der Waals surface area contributed by atoms with Gasteiger partial charge in [0.1, 0.15) is 5.82 Å². The number of piperazine rings is 1. The predicted octanol–water partition coefficient (Wildman–Crippen LogP) is 16.2. The molecule has 1 atom stereocenters. The lowest BCUT2D eigenvalue weighted by Crippen LogP contribution is -2.49. The fraction of sp³-hybridized carbons (Fsp3) is 0.677. The fourth-order valence-corrected chi connectivity index (χ4v) is 9.90. The number of nitrogens with zero attached hydrogens (tertiary/aromatic N) is 6. The van der Waals surface area contributed by atoms with Gasteiger partial charge in [0, 0.05) is 79.7 Å². The number of hydrogen-bond acceptors (Lipinski definition) is 8. The third kappa shape index (κ3) is 22.3. The van der Waals surface area contributed by atoms with Gasteiger partial charge in [-0.15, -0.1) is 0 Å². The first-order chi connectivity index (χ1) is 33.0. The van der Waals surface area contributed by atoms with E-state index in [0.717, 1.165) is 85.4 Å². The van der Waals surface area contributed by atoms with Gasteiger partial charge in [0.25, 0.3) is 0 Å². The van der Waals surface area contributed by atoms with E-state index in [9.17, 15) is 5.11 Å². The van der Waals surface area contributed by atoms with Crippen LogP contribution in [0.4, 0.5) is 5.82 Å². The number of ether oxygens (including phenoxy) is 1. The minimum atomic E-state index is -0.341. The normalized spacial score (nSPS) is 21.0. The average Bonchev–Trinajstić information content (AvgIpc) is 3.29. The summed E-state index contributed by atoms with van der Waals surface area (Å²) in [7, 11) is 0. The van der Waals surface area contributed by atoms with Crippen LogP contribution in [-0.4, -0.2) is 80.0 Å². The molecule has 400 valence electrons. The maximum Gasteiger partial charge on any atom is 0.128 e. The Labute approximate surface area is 441 Å². The zero-order chi connectivity index (χ0) is 53.9. The van der Waals surface area contributed by atoms with Crippen molar-refractivity contribution in [3.05, 3.63) is 111 Å². The van der Waals surface area contributed by atoms with Crippen LogP contribution >= 0.6 is 11.6 Å². The van der Waals surface area contributed by atoms with Crippen molar-refractivity contribution in [3.8, 4) is 0 Å². The van der Waals surface area contributed by atoms with Crippen LogP contribution in [-0.2, 0) is 4.74 Å². The van der Waals surface area contributed by atoms with Crippen LogP contribution in [0.25, 0.3) is 0 Å². The second-order valence-electron chi connectivity index (χ2n) is 23.6. The highest BCUT2D eigenvalue weighted by Gasteiger charge is 2.39. The fourth-order valence-electron chi connectivity index (χ4n) is 9.74. The van der Waals surface area contributed by atoms with Gasteiger partial charge in [0.05, 0.1) is 16.2 Å². The van der Waals surface area contributed by atoms with Gasteiger partial charge >= 0.3 is 0 Å². The largest absolute Gasteiger partial charge is 0.390 e. The molecule has 1 saturated carbocycles. The summed E-state index contributed by atoms with van der Waals surface area (Å²) >= 11 is 5.80. The van der Waals surface area contributed by atoms with Gasteiger partial charge in [-0.3, -0.25) is 19.9 Å².